The van der Waals surface area contributed by atoms with Crippen molar-refractivity contribution in [3.05, 3.63) is 36.1 Å². The summed E-state index contributed by atoms with van der Waals surface area (Å²) in [6.07, 6.45) is 2.45. The van der Waals surface area contributed by atoms with Crippen LogP contribution in [-0.4, -0.2) is 6.54 Å². The molecule has 0 unspecified atom stereocenters. The number of nitrogens with one attached hydrogen (secondary N) is 1. The lowest BCUT2D eigenvalue weighted by molar-refractivity contribution is 0.509. The van der Waals surface area contributed by atoms with Gasteiger partial charge >= 0.3 is 0 Å². The molecule has 2 nitrogen and oxygen atoms in total. The fourth-order valence-electron chi connectivity index (χ4n) is 1.64. The summed E-state index contributed by atoms with van der Waals surface area (Å²) in [6.45, 7) is 4.09. The lowest BCUT2D eigenvalue weighted by Gasteiger charge is -1.99. The Morgan fingerprint density at radius 3 is 2.81 bits per heavy atom. The van der Waals surface area contributed by atoms with Crippen molar-refractivity contribution >= 4 is 23.4 Å². The van der Waals surface area contributed by atoms with Crippen LogP contribution in [0.15, 0.2) is 34.7 Å². The largest absolute Gasteiger partial charge is 0.460 e. The quantitative estimate of drug-likeness (QED) is 0.804. The van der Waals surface area contributed by atoms with Crippen molar-refractivity contribution in [2.75, 3.05) is 6.54 Å². The molecule has 0 amide bonds. The Labute approximate surface area is 102 Å². The SMILES string of the molecule is CCCCNCc1cc2ccccc2o1.Cl. The number of fused-ring (bicyclic) bond motifs is 1. The van der Waals surface area contributed by atoms with Crippen LogP contribution < -0.4 is 5.32 Å². The first-order valence-corrected chi connectivity index (χ1v) is 5.58. The molecule has 3 heteroatoms. The summed E-state index contributed by atoms with van der Waals surface area (Å²) in [6, 6.07) is 10.2. The minimum absolute atomic E-state index is 0. The Balaban J connectivity index is 0.00000128. The van der Waals surface area contributed by atoms with Gasteiger partial charge in [0.25, 0.3) is 0 Å². The molecule has 0 aliphatic carbocycles. The van der Waals surface area contributed by atoms with Gasteiger partial charge in [-0.05, 0) is 25.1 Å². The summed E-state index contributed by atoms with van der Waals surface area (Å²) < 4.78 is 5.69. The minimum atomic E-state index is 0. The van der Waals surface area contributed by atoms with Crippen molar-refractivity contribution in [1.82, 2.24) is 5.32 Å². The fraction of sp³-hybridized carbons (Fsp3) is 0.385. The Hall–Kier alpha value is -0.990. The van der Waals surface area contributed by atoms with Gasteiger partial charge in [-0.2, -0.15) is 0 Å². The van der Waals surface area contributed by atoms with Crippen molar-refractivity contribution in [2.24, 2.45) is 0 Å². The third-order valence-corrected chi connectivity index (χ3v) is 2.48. The molecular weight excluding hydrogens is 222 g/mol. The number of benzene rings is 1. The Morgan fingerprint density at radius 1 is 1.25 bits per heavy atom. The maximum absolute atomic E-state index is 5.69. The first kappa shape index (κ1) is 13.1. The maximum Gasteiger partial charge on any atom is 0.134 e. The topological polar surface area (TPSA) is 25.2 Å². The number of hydrogen-bond donors (Lipinski definition) is 1. The second-order valence-corrected chi connectivity index (χ2v) is 3.78. The molecule has 1 aromatic carbocycles. The molecule has 0 radical (unpaired) electrons. The maximum atomic E-state index is 5.69. The van der Waals surface area contributed by atoms with Crippen LogP contribution in [0.2, 0.25) is 0 Å². The van der Waals surface area contributed by atoms with E-state index in [1.165, 1.54) is 18.2 Å². The third-order valence-electron chi connectivity index (χ3n) is 2.48. The van der Waals surface area contributed by atoms with Gasteiger partial charge in [-0.1, -0.05) is 31.5 Å². The summed E-state index contributed by atoms with van der Waals surface area (Å²) in [5, 5.41) is 4.55. The van der Waals surface area contributed by atoms with Crippen LogP contribution in [0.4, 0.5) is 0 Å². The number of unbranched alkanes of at least 4 members (excludes halogenated alkanes) is 1. The molecule has 0 aliphatic rings. The van der Waals surface area contributed by atoms with E-state index in [4.69, 9.17) is 4.42 Å². The smallest absolute Gasteiger partial charge is 0.134 e. The zero-order valence-corrected chi connectivity index (χ0v) is 10.3. The van der Waals surface area contributed by atoms with Gasteiger partial charge in [0, 0.05) is 5.39 Å². The van der Waals surface area contributed by atoms with Gasteiger partial charge in [0.1, 0.15) is 11.3 Å². The van der Waals surface area contributed by atoms with Crippen LogP contribution in [0, 0.1) is 0 Å². The Morgan fingerprint density at radius 2 is 2.06 bits per heavy atom. The highest BCUT2D eigenvalue weighted by Gasteiger charge is 2.01. The predicted molar refractivity (Wildman–Crippen MR) is 70.1 cm³/mol. The summed E-state index contributed by atoms with van der Waals surface area (Å²) in [5.41, 5.74) is 0.977. The molecule has 0 saturated carbocycles. The lowest BCUT2D eigenvalue weighted by Crippen LogP contribution is -2.13. The average Bonchev–Trinajstić information content (AvgIpc) is 2.67. The zero-order valence-electron chi connectivity index (χ0n) is 9.53. The normalized spacial score (nSPS) is 10.3. The van der Waals surface area contributed by atoms with E-state index in [-0.39, 0.29) is 12.4 Å². The van der Waals surface area contributed by atoms with Crippen LogP contribution in [-0.2, 0) is 6.54 Å². The summed E-state index contributed by atoms with van der Waals surface area (Å²) in [5.74, 6) is 1.02. The number of para-hydroxylation sites is 1. The standard InChI is InChI=1S/C13H17NO.ClH/c1-2-3-8-14-10-12-9-11-6-4-5-7-13(11)15-12;/h4-7,9,14H,2-3,8,10H2,1H3;1H. The third kappa shape index (κ3) is 3.26. The summed E-state index contributed by atoms with van der Waals surface area (Å²) in [7, 11) is 0. The molecule has 0 saturated heterocycles. The van der Waals surface area contributed by atoms with E-state index in [1.807, 2.05) is 18.2 Å². The Kier molecular flexibility index (Phi) is 5.36. The molecule has 1 N–H and O–H groups in total. The van der Waals surface area contributed by atoms with E-state index in [2.05, 4.69) is 24.4 Å². The van der Waals surface area contributed by atoms with Gasteiger partial charge in [0.15, 0.2) is 0 Å². The van der Waals surface area contributed by atoms with E-state index in [0.29, 0.717) is 0 Å². The zero-order chi connectivity index (χ0) is 10.5. The number of halogens is 1. The first-order valence-electron chi connectivity index (χ1n) is 5.58. The van der Waals surface area contributed by atoms with E-state index >= 15 is 0 Å². The van der Waals surface area contributed by atoms with Crippen molar-refractivity contribution in [3.63, 3.8) is 0 Å². The molecule has 0 aliphatic heterocycles. The minimum Gasteiger partial charge on any atom is -0.460 e. The molecule has 0 atom stereocenters. The van der Waals surface area contributed by atoms with Crippen molar-refractivity contribution in [3.8, 4) is 0 Å². The van der Waals surface area contributed by atoms with Crippen molar-refractivity contribution in [1.29, 1.82) is 0 Å². The molecule has 2 aromatic rings. The van der Waals surface area contributed by atoms with Crippen molar-refractivity contribution in [2.45, 2.75) is 26.3 Å². The van der Waals surface area contributed by atoms with Gasteiger partial charge in [-0.3, -0.25) is 0 Å². The molecule has 0 bridgehead atoms. The summed E-state index contributed by atoms with van der Waals surface area (Å²) in [4.78, 5) is 0. The van der Waals surface area contributed by atoms with Gasteiger partial charge in [0.05, 0.1) is 6.54 Å². The second-order valence-electron chi connectivity index (χ2n) is 3.78. The van der Waals surface area contributed by atoms with Gasteiger partial charge in [0.2, 0.25) is 0 Å². The van der Waals surface area contributed by atoms with Crippen LogP contribution in [0.5, 0.6) is 0 Å². The second kappa shape index (κ2) is 6.56. The van der Waals surface area contributed by atoms with Crippen LogP contribution in [0.3, 0.4) is 0 Å². The highest BCUT2D eigenvalue weighted by Crippen LogP contribution is 2.18. The molecule has 1 aromatic heterocycles. The first-order chi connectivity index (χ1) is 7.40. The van der Waals surface area contributed by atoms with E-state index in [1.54, 1.807) is 0 Å². The number of rotatable bonds is 5. The number of hydrogen-bond acceptors (Lipinski definition) is 2. The van der Waals surface area contributed by atoms with Gasteiger partial charge in [-0.25, -0.2) is 0 Å². The fourth-order valence-corrected chi connectivity index (χ4v) is 1.64. The van der Waals surface area contributed by atoms with Crippen LogP contribution >= 0.6 is 12.4 Å². The van der Waals surface area contributed by atoms with E-state index < -0.39 is 0 Å². The van der Waals surface area contributed by atoms with E-state index in [0.717, 1.165) is 24.4 Å². The highest BCUT2D eigenvalue weighted by molar-refractivity contribution is 5.85. The lowest BCUT2D eigenvalue weighted by atomic mass is 10.2. The van der Waals surface area contributed by atoms with Gasteiger partial charge in [-0.15, -0.1) is 12.4 Å². The van der Waals surface area contributed by atoms with Crippen molar-refractivity contribution < 1.29 is 4.42 Å². The average molecular weight is 240 g/mol. The van der Waals surface area contributed by atoms with Crippen LogP contribution in [0.25, 0.3) is 11.0 Å². The monoisotopic (exact) mass is 239 g/mol. The van der Waals surface area contributed by atoms with Gasteiger partial charge < -0.3 is 9.73 Å². The van der Waals surface area contributed by atoms with Crippen LogP contribution in [0.1, 0.15) is 25.5 Å². The molecule has 0 fully saturated rings. The predicted octanol–water partition coefficient (Wildman–Crippen LogP) is 3.74. The Bertz CT molecular complexity index is 392. The number of furan rings is 1. The molecular formula is C13H18ClNO. The highest BCUT2D eigenvalue weighted by atomic mass is 35.5. The molecule has 88 valence electrons. The molecule has 0 spiro atoms. The summed E-state index contributed by atoms with van der Waals surface area (Å²) >= 11 is 0. The molecule has 16 heavy (non-hydrogen) atoms. The molecule has 2 rings (SSSR count). The molecule has 1 heterocycles. The van der Waals surface area contributed by atoms with E-state index in [9.17, 15) is 0 Å².